The first-order valence-corrected chi connectivity index (χ1v) is 6.12. The van der Waals surface area contributed by atoms with E-state index < -0.39 is 5.97 Å². The first-order valence-electron chi connectivity index (χ1n) is 5.33. The highest BCUT2D eigenvalue weighted by Crippen LogP contribution is 2.17. The highest BCUT2D eigenvalue weighted by molar-refractivity contribution is 9.10. The van der Waals surface area contributed by atoms with Crippen LogP contribution in [-0.4, -0.2) is 29.6 Å². The summed E-state index contributed by atoms with van der Waals surface area (Å²) in [4.78, 5) is 12.3. The summed E-state index contributed by atoms with van der Waals surface area (Å²) in [6.45, 7) is 1.30. The summed E-state index contributed by atoms with van der Waals surface area (Å²) in [7, 11) is 1.89. The third-order valence-electron chi connectivity index (χ3n) is 2.37. The normalized spacial score (nSPS) is 10.8. The van der Waals surface area contributed by atoms with E-state index in [-0.39, 0.29) is 12.2 Å². The molecule has 0 aliphatic carbocycles. The summed E-state index contributed by atoms with van der Waals surface area (Å²) >= 11 is 3.10. The topological polar surface area (TPSA) is 40.5 Å². The van der Waals surface area contributed by atoms with E-state index in [1.165, 1.54) is 6.07 Å². The lowest BCUT2D eigenvalue weighted by Crippen LogP contribution is -2.19. The molecule has 1 aromatic carbocycles. The Morgan fingerprint density at radius 2 is 2.24 bits per heavy atom. The molecule has 1 rings (SSSR count). The molecule has 0 aliphatic rings. The Balaban J connectivity index is 2.42. The molecular weight excluding hydrogens is 289 g/mol. The average molecular weight is 304 g/mol. The van der Waals surface area contributed by atoms with Crippen molar-refractivity contribution in [1.29, 1.82) is 0 Å². The van der Waals surface area contributed by atoms with Gasteiger partial charge in [-0.25, -0.2) is 4.39 Å². The van der Waals surface area contributed by atoms with E-state index in [9.17, 15) is 9.18 Å². The Morgan fingerprint density at radius 1 is 1.53 bits per heavy atom. The van der Waals surface area contributed by atoms with E-state index in [1.807, 2.05) is 18.0 Å². The van der Waals surface area contributed by atoms with Crippen LogP contribution in [0, 0.1) is 5.82 Å². The van der Waals surface area contributed by atoms with E-state index in [2.05, 4.69) is 15.9 Å². The fraction of sp³-hybridized carbons (Fsp3) is 0.417. The summed E-state index contributed by atoms with van der Waals surface area (Å²) in [5.41, 5.74) is 0.878. The molecule has 0 aromatic heterocycles. The van der Waals surface area contributed by atoms with E-state index in [1.54, 1.807) is 6.07 Å². The van der Waals surface area contributed by atoms with Crippen molar-refractivity contribution < 1.29 is 14.3 Å². The van der Waals surface area contributed by atoms with Crippen molar-refractivity contribution in [2.24, 2.45) is 0 Å². The number of rotatable bonds is 6. The van der Waals surface area contributed by atoms with Crippen molar-refractivity contribution in [3.63, 3.8) is 0 Å². The van der Waals surface area contributed by atoms with Gasteiger partial charge in [-0.1, -0.05) is 6.07 Å². The van der Waals surface area contributed by atoms with Gasteiger partial charge in [-0.05, 0) is 53.6 Å². The van der Waals surface area contributed by atoms with E-state index in [4.69, 9.17) is 5.11 Å². The molecule has 17 heavy (non-hydrogen) atoms. The lowest BCUT2D eigenvalue weighted by Gasteiger charge is -2.16. The Morgan fingerprint density at radius 3 is 2.82 bits per heavy atom. The molecule has 0 saturated carbocycles. The molecular formula is C12H15BrFNO2. The summed E-state index contributed by atoms with van der Waals surface area (Å²) in [5, 5.41) is 8.51. The zero-order valence-electron chi connectivity index (χ0n) is 9.62. The minimum Gasteiger partial charge on any atom is -0.481 e. The Kier molecular flexibility index (Phi) is 5.58. The maximum Gasteiger partial charge on any atom is 0.303 e. The van der Waals surface area contributed by atoms with Crippen LogP contribution < -0.4 is 0 Å². The molecule has 0 heterocycles. The summed E-state index contributed by atoms with van der Waals surface area (Å²) in [6.07, 6.45) is 0.768. The van der Waals surface area contributed by atoms with Crippen molar-refractivity contribution >= 4 is 21.9 Å². The van der Waals surface area contributed by atoms with Crippen LogP contribution in [0.25, 0.3) is 0 Å². The molecule has 0 fully saturated rings. The standard InChI is InChI=1S/C12H15BrFNO2/c1-15(6-2-3-12(16)17)8-9-4-5-10(13)11(14)7-9/h4-5,7H,2-3,6,8H2,1H3,(H,16,17). The quantitative estimate of drug-likeness (QED) is 0.878. The number of carboxylic acids is 1. The summed E-state index contributed by atoms with van der Waals surface area (Å²) in [6, 6.07) is 5.01. The number of carboxylic acid groups (broad SMARTS) is 1. The molecule has 0 bridgehead atoms. The molecule has 0 unspecified atom stereocenters. The molecule has 0 atom stereocenters. The lowest BCUT2D eigenvalue weighted by atomic mass is 10.2. The molecule has 3 nitrogen and oxygen atoms in total. The van der Waals surface area contributed by atoms with Gasteiger partial charge >= 0.3 is 5.97 Å². The molecule has 0 amide bonds. The van der Waals surface area contributed by atoms with E-state index in [0.29, 0.717) is 24.0 Å². The Bertz CT molecular complexity index is 398. The highest BCUT2D eigenvalue weighted by Gasteiger charge is 2.05. The van der Waals surface area contributed by atoms with Gasteiger partial charge in [0, 0.05) is 13.0 Å². The van der Waals surface area contributed by atoms with E-state index in [0.717, 1.165) is 5.56 Å². The monoisotopic (exact) mass is 303 g/mol. The molecule has 0 aliphatic heterocycles. The van der Waals surface area contributed by atoms with Gasteiger partial charge in [0.25, 0.3) is 0 Å². The summed E-state index contributed by atoms with van der Waals surface area (Å²) < 4.78 is 13.7. The number of benzene rings is 1. The number of nitrogens with zero attached hydrogens (tertiary/aromatic N) is 1. The second-order valence-corrected chi connectivity index (χ2v) is 4.84. The van der Waals surface area contributed by atoms with Gasteiger partial charge in [-0.15, -0.1) is 0 Å². The zero-order chi connectivity index (χ0) is 12.8. The maximum atomic E-state index is 13.2. The smallest absolute Gasteiger partial charge is 0.303 e. The second kappa shape index (κ2) is 6.71. The van der Waals surface area contributed by atoms with Crippen molar-refractivity contribution in [3.8, 4) is 0 Å². The third kappa shape index (κ3) is 5.28. The second-order valence-electron chi connectivity index (χ2n) is 3.98. The largest absolute Gasteiger partial charge is 0.481 e. The first kappa shape index (κ1) is 14.1. The van der Waals surface area contributed by atoms with Crippen LogP contribution in [0.2, 0.25) is 0 Å². The molecule has 0 saturated heterocycles. The Labute approximate surface area is 108 Å². The van der Waals surface area contributed by atoms with Crippen LogP contribution >= 0.6 is 15.9 Å². The van der Waals surface area contributed by atoms with Crippen LogP contribution in [0.4, 0.5) is 4.39 Å². The number of hydrogen-bond acceptors (Lipinski definition) is 2. The highest BCUT2D eigenvalue weighted by atomic mass is 79.9. The number of hydrogen-bond donors (Lipinski definition) is 1. The minimum atomic E-state index is -0.784. The van der Waals surface area contributed by atoms with Gasteiger partial charge < -0.3 is 10.0 Å². The zero-order valence-corrected chi connectivity index (χ0v) is 11.2. The van der Waals surface area contributed by atoms with E-state index >= 15 is 0 Å². The first-order chi connectivity index (χ1) is 7.99. The van der Waals surface area contributed by atoms with Crippen molar-refractivity contribution in [2.45, 2.75) is 19.4 Å². The predicted octanol–water partition coefficient (Wildman–Crippen LogP) is 2.88. The van der Waals surface area contributed by atoms with Crippen LogP contribution in [0.1, 0.15) is 18.4 Å². The Hall–Kier alpha value is -0.940. The van der Waals surface area contributed by atoms with Crippen LogP contribution in [0.15, 0.2) is 22.7 Å². The molecule has 1 N–H and O–H groups in total. The fourth-order valence-electron chi connectivity index (χ4n) is 1.53. The van der Waals surface area contributed by atoms with Gasteiger partial charge in [0.15, 0.2) is 0 Å². The van der Waals surface area contributed by atoms with Gasteiger partial charge in [0.2, 0.25) is 0 Å². The van der Waals surface area contributed by atoms with Gasteiger partial charge in [0.1, 0.15) is 5.82 Å². The van der Waals surface area contributed by atoms with Crippen molar-refractivity contribution in [2.75, 3.05) is 13.6 Å². The van der Waals surface area contributed by atoms with Crippen LogP contribution in [0.5, 0.6) is 0 Å². The molecule has 1 aromatic rings. The van der Waals surface area contributed by atoms with Gasteiger partial charge in [-0.3, -0.25) is 4.79 Å². The lowest BCUT2D eigenvalue weighted by molar-refractivity contribution is -0.137. The molecule has 0 spiro atoms. The maximum absolute atomic E-state index is 13.2. The minimum absolute atomic E-state index is 0.166. The van der Waals surface area contributed by atoms with Gasteiger partial charge in [-0.2, -0.15) is 0 Å². The summed E-state index contributed by atoms with van der Waals surface area (Å²) in [5.74, 6) is -1.06. The van der Waals surface area contributed by atoms with Gasteiger partial charge in [0.05, 0.1) is 4.47 Å². The SMILES string of the molecule is CN(CCCC(=O)O)Cc1ccc(Br)c(F)c1. The number of carbonyl (C=O) groups is 1. The average Bonchev–Trinajstić information content (AvgIpc) is 2.23. The number of halogens is 2. The third-order valence-corrected chi connectivity index (χ3v) is 3.01. The van der Waals surface area contributed by atoms with Crippen molar-refractivity contribution in [3.05, 3.63) is 34.1 Å². The van der Waals surface area contributed by atoms with Crippen LogP contribution in [0.3, 0.4) is 0 Å². The van der Waals surface area contributed by atoms with Crippen molar-refractivity contribution in [1.82, 2.24) is 4.90 Å². The molecule has 94 valence electrons. The molecule has 5 heteroatoms. The predicted molar refractivity (Wildman–Crippen MR) is 67.3 cm³/mol. The molecule has 0 radical (unpaired) electrons. The number of aliphatic carboxylic acids is 1. The van der Waals surface area contributed by atoms with Crippen LogP contribution in [-0.2, 0) is 11.3 Å². The fourth-order valence-corrected chi connectivity index (χ4v) is 1.78.